The van der Waals surface area contributed by atoms with Crippen LogP contribution in [-0.4, -0.2) is 14.8 Å². The summed E-state index contributed by atoms with van der Waals surface area (Å²) in [6.45, 7) is 19.9. The van der Waals surface area contributed by atoms with Crippen molar-refractivity contribution in [1.29, 1.82) is 0 Å². The first kappa shape index (κ1) is 31.2. The molecule has 0 amide bonds. The second-order valence-corrected chi connectivity index (χ2v) is 14.7. The smallest absolute Gasteiger partial charge is 0.163 e. The summed E-state index contributed by atoms with van der Waals surface area (Å²) in [4.78, 5) is 4.80. The number of aromatic nitrogens is 3. The van der Waals surface area contributed by atoms with Gasteiger partial charge in [-0.05, 0) is 118 Å². The predicted molar refractivity (Wildman–Crippen MR) is 195 cm³/mol. The van der Waals surface area contributed by atoms with Crippen LogP contribution in [0.4, 0.5) is 0 Å². The maximum absolute atomic E-state index is 4.84. The Morgan fingerprint density at radius 2 is 0.870 bits per heavy atom. The van der Waals surface area contributed by atoms with Gasteiger partial charge in [0.05, 0.1) is 5.69 Å². The number of rotatable bonds is 5. The van der Waals surface area contributed by atoms with Gasteiger partial charge in [-0.3, -0.25) is 0 Å². The second-order valence-electron chi connectivity index (χ2n) is 14.7. The van der Waals surface area contributed by atoms with Crippen LogP contribution in [0, 0.1) is 20.8 Å². The summed E-state index contributed by atoms with van der Waals surface area (Å²) in [6, 6.07) is 40.1. The monoisotopic (exact) mass is 603 g/mol. The molecule has 3 heteroatoms. The van der Waals surface area contributed by atoms with Crippen LogP contribution in [0.1, 0.15) is 69.6 Å². The van der Waals surface area contributed by atoms with Gasteiger partial charge in [0.15, 0.2) is 5.82 Å². The van der Waals surface area contributed by atoms with Crippen LogP contribution in [0.25, 0.3) is 50.5 Å². The Kier molecular flexibility index (Phi) is 8.06. The Balaban J connectivity index is 1.48. The Labute approximate surface area is 275 Å². The summed E-state index contributed by atoms with van der Waals surface area (Å²) in [5.74, 6) is 1.62. The molecule has 5 aromatic carbocycles. The van der Waals surface area contributed by atoms with Crippen LogP contribution in [0.2, 0.25) is 0 Å². The largest absolute Gasteiger partial charge is 0.212 e. The van der Waals surface area contributed by atoms with E-state index in [9.17, 15) is 0 Å². The summed E-state index contributed by atoms with van der Waals surface area (Å²) >= 11 is 0. The number of hydrogen-bond donors (Lipinski definition) is 0. The molecule has 0 radical (unpaired) electrons. The molecule has 0 bridgehead atoms. The quantitative estimate of drug-likeness (QED) is 0.196. The molecule has 0 aliphatic carbocycles. The topological polar surface area (TPSA) is 30.7 Å². The van der Waals surface area contributed by atoms with Crippen molar-refractivity contribution in [2.24, 2.45) is 0 Å². The van der Waals surface area contributed by atoms with Crippen LogP contribution < -0.4 is 0 Å². The molecule has 1 aromatic heterocycles. The van der Waals surface area contributed by atoms with Crippen molar-refractivity contribution in [3.63, 3.8) is 0 Å². The van der Waals surface area contributed by atoms with E-state index in [1.807, 2.05) is 29.8 Å². The van der Waals surface area contributed by atoms with E-state index in [0.717, 1.165) is 34.0 Å². The standard InChI is InChI=1S/C43H45N3/c1-28-23-34(24-29(2)40(28)46-41(44-30(3)45-46)33-13-11-10-12-14-33)37-26-35(31-15-19-38(20-16-31)42(4,5)6)25-36(27-37)32-17-21-39(22-18-32)43(7,8)9/h10-27H,1-9H3. The molecule has 0 saturated carbocycles. The van der Waals surface area contributed by atoms with Crippen LogP contribution >= 0.6 is 0 Å². The van der Waals surface area contributed by atoms with Crippen molar-refractivity contribution < 1.29 is 0 Å². The highest BCUT2D eigenvalue weighted by Gasteiger charge is 2.19. The Morgan fingerprint density at radius 3 is 1.30 bits per heavy atom. The molecule has 46 heavy (non-hydrogen) atoms. The van der Waals surface area contributed by atoms with E-state index in [0.29, 0.717) is 0 Å². The maximum Gasteiger partial charge on any atom is 0.163 e. The summed E-state index contributed by atoms with van der Waals surface area (Å²) in [7, 11) is 0. The van der Waals surface area contributed by atoms with E-state index in [2.05, 4.69) is 146 Å². The van der Waals surface area contributed by atoms with E-state index in [-0.39, 0.29) is 10.8 Å². The predicted octanol–water partition coefficient (Wildman–Crippen LogP) is 11.5. The first-order valence-corrected chi connectivity index (χ1v) is 16.3. The van der Waals surface area contributed by atoms with Crippen molar-refractivity contribution in [3.05, 3.63) is 137 Å². The van der Waals surface area contributed by atoms with Crippen LogP contribution in [-0.2, 0) is 10.8 Å². The Bertz CT molecular complexity index is 1900. The highest BCUT2D eigenvalue weighted by molar-refractivity contribution is 5.82. The van der Waals surface area contributed by atoms with Crippen molar-refractivity contribution in [1.82, 2.24) is 14.8 Å². The molecule has 1 heterocycles. The van der Waals surface area contributed by atoms with Crippen LogP contribution in [0.3, 0.4) is 0 Å². The fraction of sp³-hybridized carbons (Fsp3) is 0.256. The molecule has 0 fully saturated rings. The highest BCUT2D eigenvalue weighted by Crippen LogP contribution is 2.37. The molecule has 0 unspecified atom stereocenters. The van der Waals surface area contributed by atoms with Gasteiger partial charge in [0.25, 0.3) is 0 Å². The summed E-state index contributed by atoms with van der Waals surface area (Å²) in [6.07, 6.45) is 0. The maximum atomic E-state index is 4.84. The lowest BCUT2D eigenvalue weighted by Crippen LogP contribution is -2.10. The number of hydrogen-bond acceptors (Lipinski definition) is 2. The van der Waals surface area contributed by atoms with E-state index < -0.39 is 0 Å². The van der Waals surface area contributed by atoms with Gasteiger partial charge in [0, 0.05) is 5.56 Å². The zero-order chi connectivity index (χ0) is 32.8. The Hall–Kier alpha value is -4.76. The number of nitrogens with zero attached hydrogens (tertiary/aromatic N) is 3. The SMILES string of the molecule is Cc1nc(-c2ccccc2)n(-c2c(C)cc(-c3cc(-c4ccc(C(C)(C)C)cc4)cc(-c4ccc(C(C)(C)C)cc4)c3)cc2C)n1. The Morgan fingerprint density at radius 1 is 0.457 bits per heavy atom. The molecule has 0 atom stereocenters. The van der Waals surface area contributed by atoms with Crippen LogP contribution in [0.5, 0.6) is 0 Å². The van der Waals surface area contributed by atoms with Gasteiger partial charge in [-0.25, -0.2) is 9.67 Å². The van der Waals surface area contributed by atoms with Gasteiger partial charge < -0.3 is 0 Å². The average Bonchev–Trinajstić information content (AvgIpc) is 3.41. The van der Waals surface area contributed by atoms with Crippen LogP contribution in [0.15, 0.2) is 109 Å². The minimum Gasteiger partial charge on any atom is -0.212 e. The molecule has 6 rings (SSSR count). The summed E-state index contributed by atoms with van der Waals surface area (Å²) < 4.78 is 2.01. The average molecular weight is 604 g/mol. The first-order chi connectivity index (χ1) is 21.8. The molecule has 0 aliphatic heterocycles. The summed E-state index contributed by atoms with van der Waals surface area (Å²) in [5.41, 5.74) is 14.6. The summed E-state index contributed by atoms with van der Waals surface area (Å²) in [5, 5.41) is 4.84. The third-order valence-electron chi connectivity index (χ3n) is 8.88. The lowest BCUT2D eigenvalue weighted by Gasteiger charge is -2.20. The normalized spacial score (nSPS) is 12.0. The second kappa shape index (κ2) is 11.9. The molecule has 0 aliphatic rings. The van der Waals surface area contributed by atoms with Gasteiger partial charge >= 0.3 is 0 Å². The fourth-order valence-corrected chi connectivity index (χ4v) is 6.25. The van der Waals surface area contributed by atoms with Gasteiger partial charge in [-0.15, -0.1) is 0 Å². The van der Waals surface area contributed by atoms with Gasteiger partial charge in [0.2, 0.25) is 0 Å². The molecular formula is C43H45N3. The zero-order valence-electron chi connectivity index (χ0n) is 28.7. The number of aryl methyl sites for hydroxylation is 3. The molecule has 0 spiro atoms. The molecule has 0 saturated heterocycles. The highest BCUT2D eigenvalue weighted by atomic mass is 15.4. The third kappa shape index (κ3) is 6.33. The lowest BCUT2D eigenvalue weighted by atomic mass is 9.85. The van der Waals surface area contributed by atoms with Crippen molar-refractivity contribution in [2.45, 2.75) is 73.1 Å². The van der Waals surface area contributed by atoms with Crippen molar-refractivity contribution in [3.8, 4) is 50.5 Å². The zero-order valence-corrected chi connectivity index (χ0v) is 28.7. The third-order valence-corrected chi connectivity index (χ3v) is 8.88. The lowest BCUT2D eigenvalue weighted by molar-refractivity contribution is 0.590. The van der Waals surface area contributed by atoms with Gasteiger partial charge in [-0.1, -0.05) is 120 Å². The molecule has 6 aromatic rings. The fourth-order valence-electron chi connectivity index (χ4n) is 6.25. The van der Waals surface area contributed by atoms with Gasteiger partial charge in [0.1, 0.15) is 5.82 Å². The van der Waals surface area contributed by atoms with E-state index in [4.69, 9.17) is 10.1 Å². The first-order valence-electron chi connectivity index (χ1n) is 16.3. The molecular weight excluding hydrogens is 558 g/mol. The van der Waals surface area contributed by atoms with E-state index in [1.165, 1.54) is 44.5 Å². The van der Waals surface area contributed by atoms with E-state index in [1.54, 1.807) is 0 Å². The van der Waals surface area contributed by atoms with E-state index >= 15 is 0 Å². The van der Waals surface area contributed by atoms with Crippen molar-refractivity contribution in [2.75, 3.05) is 0 Å². The molecule has 0 N–H and O–H groups in total. The number of benzene rings is 5. The minimum atomic E-state index is 0.111. The molecule has 3 nitrogen and oxygen atoms in total. The molecule has 232 valence electrons. The van der Waals surface area contributed by atoms with Crippen molar-refractivity contribution >= 4 is 0 Å². The van der Waals surface area contributed by atoms with Gasteiger partial charge in [-0.2, -0.15) is 5.10 Å². The minimum absolute atomic E-state index is 0.111.